The fourth-order valence-corrected chi connectivity index (χ4v) is 1.69. The van der Waals surface area contributed by atoms with E-state index < -0.39 is 0 Å². The fraction of sp³-hybridized carbons (Fsp3) is 0.600. The molecule has 1 atom stereocenters. The third-order valence-electron chi connectivity index (χ3n) is 2.30. The first-order valence-corrected chi connectivity index (χ1v) is 5.75. The standard InChI is InChI=1S/C10H15Cl2N3/c1-4-7(6(2)3)13-8-5-9(11)14-15-10(8)12/h5-7H,4H2,1-3H3,(H,13,14). The van der Waals surface area contributed by atoms with Crippen LogP contribution in [0.25, 0.3) is 0 Å². The van der Waals surface area contributed by atoms with Crippen molar-refractivity contribution in [2.24, 2.45) is 5.92 Å². The first-order chi connectivity index (χ1) is 7.04. The highest BCUT2D eigenvalue weighted by atomic mass is 35.5. The van der Waals surface area contributed by atoms with Crippen molar-refractivity contribution in [3.63, 3.8) is 0 Å². The summed E-state index contributed by atoms with van der Waals surface area (Å²) in [6.07, 6.45) is 1.02. The van der Waals surface area contributed by atoms with E-state index in [1.807, 2.05) is 0 Å². The molecular formula is C10H15Cl2N3. The van der Waals surface area contributed by atoms with E-state index in [4.69, 9.17) is 23.2 Å². The lowest BCUT2D eigenvalue weighted by Gasteiger charge is -2.22. The van der Waals surface area contributed by atoms with E-state index >= 15 is 0 Å². The van der Waals surface area contributed by atoms with Gasteiger partial charge in [0.15, 0.2) is 10.3 Å². The minimum absolute atomic E-state index is 0.348. The number of rotatable bonds is 4. The zero-order valence-corrected chi connectivity index (χ0v) is 10.6. The maximum absolute atomic E-state index is 5.91. The molecule has 1 heterocycles. The van der Waals surface area contributed by atoms with E-state index in [2.05, 4.69) is 36.3 Å². The van der Waals surface area contributed by atoms with Gasteiger partial charge >= 0.3 is 0 Å². The highest BCUT2D eigenvalue weighted by Gasteiger charge is 2.13. The molecule has 1 N–H and O–H groups in total. The van der Waals surface area contributed by atoms with Crippen LogP contribution in [0.4, 0.5) is 5.69 Å². The SMILES string of the molecule is CCC(Nc1cc(Cl)nnc1Cl)C(C)C. The normalized spacial score (nSPS) is 12.9. The molecule has 0 amide bonds. The third-order valence-corrected chi connectivity index (χ3v) is 2.77. The van der Waals surface area contributed by atoms with Crippen LogP contribution in [0.2, 0.25) is 10.3 Å². The van der Waals surface area contributed by atoms with Gasteiger partial charge in [-0.15, -0.1) is 10.2 Å². The van der Waals surface area contributed by atoms with Crippen molar-refractivity contribution >= 4 is 28.9 Å². The molecule has 0 fully saturated rings. The van der Waals surface area contributed by atoms with Crippen molar-refractivity contribution in [3.8, 4) is 0 Å². The number of halogens is 2. The van der Waals surface area contributed by atoms with Crippen molar-refractivity contribution < 1.29 is 0 Å². The topological polar surface area (TPSA) is 37.8 Å². The Kier molecular flexibility index (Phi) is 4.61. The Morgan fingerprint density at radius 1 is 1.33 bits per heavy atom. The summed E-state index contributed by atoms with van der Waals surface area (Å²) in [5.74, 6) is 0.526. The number of hydrogen-bond acceptors (Lipinski definition) is 3. The Balaban J connectivity index is 2.82. The van der Waals surface area contributed by atoms with Crippen LogP contribution in [-0.4, -0.2) is 16.2 Å². The van der Waals surface area contributed by atoms with Crippen molar-refractivity contribution in [1.29, 1.82) is 0 Å². The summed E-state index contributed by atoms with van der Waals surface area (Å²) in [5.41, 5.74) is 0.747. The van der Waals surface area contributed by atoms with Crippen LogP contribution in [0.5, 0.6) is 0 Å². The molecule has 0 aliphatic heterocycles. The van der Waals surface area contributed by atoms with Crippen molar-refractivity contribution in [2.75, 3.05) is 5.32 Å². The van der Waals surface area contributed by atoms with Crippen molar-refractivity contribution in [2.45, 2.75) is 33.2 Å². The first kappa shape index (κ1) is 12.5. The van der Waals surface area contributed by atoms with E-state index in [9.17, 15) is 0 Å². The third kappa shape index (κ3) is 3.50. The molecule has 0 aromatic carbocycles. The van der Waals surface area contributed by atoms with Crippen LogP contribution in [0.1, 0.15) is 27.2 Å². The second-order valence-corrected chi connectivity index (χ2v) is 4.52. The molecule has 1 rings (SSSR count). The van der Waals surface area contributed by atoms with Gasteiger partial charge in [-0.05, 0) is 12.3 Å². The van der Waals surface area contributed by atoms with Gasteiger partial charge in [0, 0.05) is 12.1 Å². The molecule has 1 aromatic rings. The molecule has 0 radical (unpaired) electrons. The molecule has 0 saturated heterocycles. The predicted molar refractivity (Wildman–Crippen MR) is 64.6 cm³/mol. The van der Waals surface area contributed by atoms with Crippen LogP contribution < -0.4 is 5.32 Å². The molecule has 3 nitrogen and oxygen atoms in total. The second-order valence-electron chi connectivity index (χ2n) is 3.77. The van der Waals surface area contributed by atoms with Gasteiger partial charge < -0.3 is 5.32 Å². The quantitative estimate of drug-likeness (QED) is 0.884. The van der Waals surface area contributed by atoms with E-state index in [1.165, 1.54) is 0 Å². The van der Waals surface area contributed by atoms with Gasteiger partial charge in [0.25, 0.3) is 0 Å². The summed E-state index contributed by atoms with van der Waals surface area (Å²) in [6.45, 7) is 6.44. The van der Waals surface area contributed by atoms with Gasteiger partial charge in [0.2, 0.25) is 0 Å². The highest BCUT2D eigenvalue weighted by molar-refractivity contribution is 6.33. The molecule has 5 heteroatoms. The van der Waals surface area contributed by atoms with Crippen LogP contribution in [0, 0.1) is 5.92 Å². The summed E-state index contributed by atoms with van der Waals surface area (Å²) < 4.78 is 0. The summed E-state index contributed by atoms with van der Waals surface area (Å²) in [7, 11) is 0. The first-order valence-electron chi connectivity index (χ1n) is 4.99. The lowest BCUT2D eigenvalue weighted by atomic mass is 10.0. The minimum Gasteiger partial charge on any atom is -0.379 e. The molecular weight excluding hydrogens is 233 g/mol. The Morgan fingerprint density at radius 2 is 2.00 bits per heavy atom. The Hall–Kier alpha value is -0.540. The zero-order chi connectivity index (χ0) is 11.4. The fourth-order valence-electron chi connectivity index (χ4n) is 1.39. The molecule has 1 aromatic heterocycles. The second kappa shape index (κ2) is 5.52. The summed E-state index contributed by atoms with van der Waals surface area (Å²) in [4.78, 5) is 0. The number of anilines is 1. The Labute approximate surface area is 100 Å². The lowest BCUT2D eigenvalue weighted by molar-refractivity contribution is 0.511. The minimum atomic E-state index is 0.348. The summed E-state index contributed by atoms with van der Waals surface area (Å²) in [5, 5.41) is 11.4. The highest BCUT2D eigenvalue weighted by Crippen LogP contribution is 2.23. The van der Waals surface area contributed by atoms with E-state index in [0.717, 1.165) is 12.1 Å². The summed E-state index contributed by atoms with van der Waals surface area (Å²) >= 11 is 11.7. The Morgan fingerprint density at radius 3 is 2.53 bits per heavy atom. The smallest absolute Gasteiger partial charge is 0.174 e. The number of aromatic nitrogens is 2. The van der Waals surface area contributed by atoms with Gasteiger partial charge in [-0.3, -0.25) is 0 Å². The maximum Gasteiger partial charge on any atom is 0.174 e. The molecule has 1 unspecified atom stereocenters. The summed E-state index contributed by atoms with van der Waals surface area (Å²) in [6, 6.07) is 2.06. The molecule has 0 saturated carbocycles. The molecule has 84 valence electrons. The molecule has 0 aliphatic rings. The van der Waals surface area contributed by atoms with Crippen LogP contribution in [0.15, 0.2) is 6.07 Å². The molecule has 0 bridgehead atoms. The van der Waals surface area contributed by atoms with Gasteiger partial charge in [0.1, 0.15) is 0 Å². The average molecular weight is 248 g/mol. The van der Waals surface area contributed by atoms with Gasteiger partial charge in [-0.1, -0.05) is 44.0 Å². The molecule has 0 spiro atoms. The van der Waals surface area contributed by atoms with E-state index in [-0.39, 0.29) is 0 Å². The number of hydrogen-bond donors (Lipinski definition) is 1. The largest absolute Gasteiger partial charge is 0.379 e. The predicted octanol–water partition coefficient (Wildman–Crippen LogP) is 3.63. The maximum atomic E-state index is 5.91. The van der Waals surface area contributed by atoms with E-state index in [1.54, 1.807) is 6.07 Å². The average Bonchev–Trinajstić information content (AvgIpc) is 2.18. The van der Waals surface area contributed by atoms with Crippen LogP contribution in [-0.2, 0) is 0 Å². The van der Waals surface area contributed by atoms with Gasteiger partial charge in [-0.2, -0.15) is 0 Å². The van der Waals surface area contributed by atoms with Crippen LogP contribution >= 0.6 is 23.2 Å². The van der Waals surface area contributed by atoms with Gasteiger partial charge in [-0.25, -0.2) is 0 Å². The lowest BCUT2D eigenvalue weighted by Crippen LogP contribution is -2.24. The van der Waals surface area contributed by atoms with Gasteiger partial charge in [0.05, 0.1) is 5.69 Å². The molecule has 0 aliphatic carbocycles. The number of nitrogens with zero attached hydrogens (tertiary/aromatic N) is 2. The van der Waals surface area contributed by atoms with Crippen molar-refractivity contribution in [1.82, 2.24) is 10.2 Å². The monoisotopic (exact) mass is 247 g/mol. The number of nitrogens with one attached hydrogen (secondary N) is 1. The van der Waals surface area contributed by atoms with E-state index in [0.29, 0.717) is 22.3 Å². The molecule has 15 heavy (non-hydrogen) atoms. The Bertz CT molecular complexity index is 328. The zero-order valence-electron chi connectivity index (χ0n) is 9.09. The van der Waals surface area contributed by atoms with Crippen molar-refractivity contribution in [3.05, 3.63) is 16.4 Å². The van der Waals surface area contributed by atoms with Crippen LogP contribution in [0.3, 0.4) is 0 Å².